The molecule has 0 unspecified atom stereocenters. The quantitative estimate of drug-likeness (QED) is 0.871. The van der Waals surface area contributed by atoms with Gasteiger partial charge < -0.3 is 5.32 Å². The molecular weight excluding hydrogens is 260 g/mol. The standard InChI is InChI=1S/C15H15ClN2O/c1-11-3-2-4-12(9-11)5-7-18-15(19)13-6-8-17-14(16)10-13/h2-4,6,8-10H,5,7H2,1H3,(H,18,19). The normalized spacial score (nSPS) is 10.2. The molecule has 4 heteroatoms. The maximum Gasteiger partial charge on any atom is 0.251 e. The van der Waals surface area contributed by atoms with Gasteiger partial charge in [-0.3, -0.25) is 4.79 Å². The zero-order valence-electron chi connectivity index (χ0n) is 10.7. The monoisotopic (exact) mass is 274 g/mol. The van der Waals surface area contributed by atoms with Crippen molar-refractivity contribution in [2.75, 3.05) is 6.54 Å². The van der Waals surface area contributed by atoms with Gasteiger partial charge >= 0.3 is 0 Å². The highest BCUT2D eigenvalue weighted by atomic mass is 35.5. The zero-order valence-corrected chi connectivity index (χ0v) is 11.4. The summed E-state index contributed by atoms with van der Waals surface area (Å²) >= 11 is 5.75. The summed E-state index contributed by atoms with van der Waals surface area (Å²) in [6, 6.07) is 11.5. The summed E-state index contributed by atoms with van der Waals surface area (Å²) in [6.45, 7) is 2.66. The number of rotatable bonds is 4. The predicted molar refractivity (Wildman–Crippen MR) is 76.5 cm³/mol. The van der Waals surface area contributed by atoms with Crippen LogP contribution in [-0.2, 0) is 6.42 Å². The molecule has 98 valence electrons. The molecule has 0 saturated heterocycles. The van der Waals surface area contributed by atoms with Crippen LogP contribution in [0.1, 0.15) is 21.5 Å². The van der Waals surface area contributed by atoms with Crippen LogP contribution in [0.15, 0.2) is 42.6 Å². The first kappa shape index (κ1) is 13.6. The minimum atomic E-state index is -0.128. The minimum Gasteiger partial charge on any atom is -0.352 e. The van der Waals surface area contributed by atoms with E-state index in [1.54, 1.807) is 12.1 Å². The van der Waals surface area contributed by atoms with Crippen molar-refractivity contribution in [2.24, 2.45) is 0 Å². The number of hydrogen-bond donors (Lipinski definition) is 1. The van der Waals surface area contributed by atoms with E-state index < -0.39 is 0 Å². The molecule has 0 bridgehead atoms. The number of halogens is 1. The zero-order chi connectivity index (χ0) is 13.7. The van der Waals surface area contributed by atoms with Crippen molar-refractivity contribution >= 4 is 17.5 Å². The maximum absolute atomic E-state index is 11.9. The van der Waals surface area contributed by atoms with Gasteiger partial charge in [-0.15, -0.1) is 0 Å². The molecule has 1 amide bonds. The number of carbonyl (C=O) groups is 1. The van der Waals surface area contributed by atoms with Crippen LogP contribution in [0.4, 0.5) is 0 Å². The Kier molecular flexibility index (Phi) is 4.53. The second kappa shape index (κ2) is 6.34. The maximum atomic E-state index is 11.9. The number of hydrogen-bond acceptors (Lipinski definition) is 2. The molecule has 0 fully saturated rings. The first-order valence-corrected chi connectivity index (χ1v) is 6.48. The molecule has 2 rings (SSSR count). The van der Waals surface area contributed by atoms with E-state index in [9.17, 15) is 4.79 Å². The van der Waals surface area contributed by atoms with Crippen LogP contribution in [0, 0.1) is 6.92 Å². The van der Waals surface area contributed by atoms with Crippen LogP contribution >= 0.6 is 11.6 Å². The first-order chi connectivity index (χ1) is 9.15. The molecule has 0 spiro atoms. The van der Waals surface area contributed by atoms with E-state index in [4.69, 9.17) is 11.6 Å². The third-order valence-corrected chi connectivity index (χ3v) is 2.98. The summed E-state index contributed by atoms with van der Waals surface area (Å²) in [5.41, 5.74) is 2.97. The van der Waals surface area contributed by atoms with E-state index in [0.29, 0.717) is 17.3 Å². The van der Waals surface area contributed by atoms with E-state index in [1.807, 2.05) is 6.07 Å². The number of pyridine rings is 1. The Labute approximate surface area is 117 Å². The summed E-state index contributed by atoms with van der Waals surface area (Å²) in [5.74, 6) is -0.128. The highest BCUT2D eigenvalue weighted by Crippen LogP contribution is 2.07. The third kappa shape index (κ3) is 4.07. The molecule has 0 radical (unpaired) electrons. The highest BCUT2D eigenvalue weighted by Gasteiger charge is 2.05. The Bertz CT molecular complexity index is 584. The van der Waals surface area contributed by atoms with Crippen molar-refractivity contribution in [3.05, 3.63) is 64.4 Å². The molecule has 0 atom stereocenters. The molecule has 1 aromatic heterocycles. The first-order valence-electron chi connectivity index (χ1n) is 6.10. The molecule has 1 N–H and O–H groups in total. The average molecular weight is 275 g/mol. The van der Waals surface area contributed by atoms with Gasteiger partial charge in [0.05, 0.1) is 0 Å². The van der Waals surface area contributed by atoms with Crippen LogP contribution in [0.3, 0.4) is 0 Å². The fourth-order valence-electron chi connectivity index (χ4n) is 1.83. The summed E-state index contributed by atoms with van der Waals surface area (Å²) in [5, 5.41) is 3.19. The molecule has 19 heavy (non-hydrogen) atoms. The smallest absolute Gasteiger partial charge is 0.251 e. The van der Waals surface area contributed by atoms with Crippen LogP contribution in [-0.4, -0.2) is 17.4 Å². The van der Waals surface area contributed by atoms with Gasteiger partial charge in [-0.05, 0) is 31.0 Å². The molecule has 2 aromatic rings. The van der Waals surface area contributed by atoms with Gasteiger partial charge in [0.15, 0.2) is 0 Å². The second-order valence-corrected chi connectivity index (χ2v) is 4.75. The van der Waals surface area contributed by atoms with Crippen molar-refractivity contribution < 1.29 is 4.79 Å². The average Bonchev–Trinajstić information content (AvgIpc) is 2.38. The van der Waals surface area contributed by atoms with Gasteiger partial charge in [0.1, 0.15) is 5.15 Å². The largest absolute Gasteiger partial charge is 0.352 e. The summed E-state index contributed by atoms with van der Waals surface area (Å²) in [4.78, 5) is 15.7. The Morgan fingerprint density at radius 3 is 2.89 bits per heavy atom. The third-order valence-electron chi connectivity index (χ3n) is 2.77. The molecule has 3 nitrogen and oxygen atoms in total. The van der Waals surface area contributed by atoms with Crippen LogP contribution in [0.25, 0.3) is 0 Å². The van der Waals surface area contributed by atoms with E-state index in [1.165, 1.54) is 17.3 Å². The molecule has 0 saturated carbocycles. The minimum absolute atomic E-state index is 0.128. The van der Waals surface area contributed by atoms with E-state index in [2.05, 4.69) is 35.4 Å². The number of benzene rings is 1. The van der Waals surface area contributed by atoms with Gasteiger partial charge in [0.25, 0.3) is 5.91 Å². The topological polar surface area (TPSA) is 42.0 Å². The van der Waals surface area contributed by atoms with Crippen LogP contribution in [0.5, 0.6) is 0 Å². The van der Waals surface area contributed by atoms with Crippen molar-refractivity contribution in [1.82, 2.24) is 10.3 Å². The van der Waals surface area contributed by atoms with Crippen molar-refractivity contribution in [3.63, 3.8) is 0 Å². The second-order valence-electron chi connectivity index (χ2n) is 4.36. The Morgan fingerprint density at radius 1 is 1.32 bits per heavy atom. The fourth-order valence-corrected chi connectivity index (χ4v) is 2.01. The van der Waals surface area contributed by atoms with Gasteiger partial charge in [0.2, 0.25) is 0 Å². The Balaban J connectivity index is 1.87. The van der Waals surface area contributed by atoms with Gasteiger partial charge in [-0.2, -0.15) is 0 Å². The Hall–Kier alpha value is -1.87. The SMILES string of the molecule is Cc1cccc(CCNC(=O)c2ccnc(Cl)c2)c1. The molecule has 1 aromatic carbocycles. The number of aryl methyl sites for hydroxylation is 1. The lowest BCUT2D eigenvalue weighted by Crippen LogP contribution is -2.25. The van der Waals surface area contributed by atoms with Crippen molar-refractivity contribution in [3.8, 4) is 0 Å². The van der Waals surface area contributed by atoms with Gasteiger partial charge in [-0.1, -0.05) is 41.4 Å². The lowest BCUT2D eigenvalue weighted by atomic mass is 10.1. The van der Waals surface area contributed by atoms with E-state index in [0.717, 1.165) is 6.42 Å². The predicted octanol–water partition coefficient (Wildman–Crippen LogP) is 3.02. The Morgan fingerprint density at radius 2 is 2.16 bits per heavy atom. The summed E-state index contributed by atoms with van der Waals surface area (Å²) in [6.07, 6.45) is 2.34. The van der Waals surface area contributed by atoms with E-state index in [-0.39, 0.29) is 5.91 Å². The molecule has 0 aliphatic rings. The van der Waals surface area contributed by atoms with E-state index >= 15 is 0 Å². The van der Waals surface area contributed by atoms with Crippen molar-refractivity contribution in [1.29, 1.82) is 0 Å². The van der Waals surface area contributed by atoms with Gasteiger partial charge in [0, 0.05) is 18.3 Å². The summed E-state index contributed by atoms with van der Waals surface area (Å²) < 4.78 is 0. The lowest BCUT2D eigenvalue weighted by Gasteiger charge is -2.06. The highest BCUT2D eigenvalue weighted by molar-refractivity contribution is 6.29. The summed E-state index contributed by atoms with van der Waals surface area (Å²) in [7, 11) is 0. The number of carbonyl (C=O) groups excluding carboxylic acids is 1. The molecule has 1 heterocycles. The number of nitrogens with zero attached hydrogens (tertiary/aromatic N) is 1. The van der Waals surface area contributed by atoms with Crippen molar-refractivity contribution in [2.45, 2.75) is 13.3 Å². The van der Waals surface area contributed by atoms with Crippen LogP contribution < -0.4 is 5.32 Å². The number of nitrogens with one attached hydrogen (secondary N) is 1. The number of amides is 1. The molecule has 0 aliphatic carbocycles. The fraction of sp³-hybridized carbons (Fsp3) is 0.200. The molecular formula is C15H15ClN2O. The lowest BCUT2D eigenvalue weighted by molar-refractivity contribution is 0.0954. The van der Waals surface area contributed by atoms with Gasteiger partial charge in [-0.25, -0.2) is 4.98 Å². The molecule has 0 aliphatic heterocycles. The van der Waals surface area contributed by atoms with Crippen LogP contribution in [0.2, 0.25) is 5.15 Å². The number of aromatic nitrogens is 1.